The van der Waals surface area contributed by atoms with Crippen molar-refractivity contribution in [2.45, 2.75) is 13.2 Å². The van der Waals surface area contributed by atoms with Crippen LogP contribution in [0.25, 0.3) is 0 Å². The van der Waals surface area contributed by atoms with Gasteiger partial charge < -0.3 is 15.2 Å². The van der Waals surface area contributed by atoms with E-state index in [0.717, 1.165) is 11.1 Å². The van der Waals surface area contributed by atoms with E-state index in [1.807, 2.05) is 0 Å². The monoisotopic (exact) mass is 419 g/mol. The molecule has 0 aromatic heterocycles. The van der Waals surface area contributed by atoms with Crippen molar-refractivity contribution >= 4 is 34.9 Å². The van der Waals surface area contributed by atoms with Crippen molar-refractivity contribution in [2.24, 2.45) is 0 Å². The standard InChI is InChI=1S/C21H16Cl2FNO3/c22-15-3-8-20(28-12-13-1-4-16(24)5-2-13)14(9-15)11-25-17-6-7-19(23)18(10-17)21(26)27/h1-10,25H,11-12H2,(H,26,27). The summed E-state index contributed by atoms with van der Waals surface area (Å²) in [5.41, 5.74) is 2.25. The fourth-order valence-corrected chi connectivity index (χ4v) is 2.96. The van der Waals surface area contributed by atoms with Crippen molar-refractivity contribution in [3.63, 3.8) is 0 Å². The Labute approximate surface area is 171 Å². The number of rotatable bonds is 7. The molecule has 0 amide bonds. The molecule has 2 N–H and O–H groups in total. The van der Waals surface area contributed by atoms with Crippen molar-refractivity contribution in [1.29, 1.82) is 0 Å². The first kappa shape index (κ1) is 20.0. The van der Waals surface area contributed by atoms with Crippen LogP contribution < -0.4 is 10.1 Å². The van der Waals surface area contributed by atoms with E-state index in [2.05, 4.69) is 5.32 Å². The van der Waals surface area contributed by atoms with Gasteiger partial charge in [-0.25, -0.2) is 9.18 Å². The largest absolute Gasteiger partial charge is 0.489 e. The van der Waals surface area contributed by atoms with E-state index >= 15 is 0 Å². The third-order valence-corrected chi connectivity index (χ3v) is 4.57. The number of hydrogen-bond acceptors (Lipinski definition) is 3. The van der Waals surface area contributed by atoms with E-state index in [0.29, 0.717) is 23.0 Å². The Morgan fingerprint density at radius 2 is 1.79 bits per heavy atom. The zero-order valence-electron chi connectivity index (χ0n) is 14.6. The fraction of sp³-hybridized carbons (Fsp3) is 0.0952. The molecular formula is C21H16Cl2FNO3. The molecular weight excluding hydrogens is 404 g/mol. The number of nitrogens with one attached hydrogen (secondary N) is 1. The number of benzene rings is 3. The Morgan fingerprint density at radius 3 is 2.50 bits per heavy atom. The summed E-state index contributed by atoms with van der Waals surface area (Å²) in [6.45, 7) is 0.638. The molecule has 3 aromatic carbocycles. The summed E-state index contributed by atoms with van der Waals surface area (Å²) in [5.74, 6) is -0.780. The van der Waals surface area contributed by atoms with Crippen LogP contribution in [0.15, 0.2) is 60.7 Å². The molecule has 0 fully saturated rings. The number of anilines is 1. The average molecular weight is 420 g/mol. The van der Waals surface area contributed by atoms with E-state index < -0.39 is 5.97 Å². The molecule has 0 spiro atoms. The smallest absolute Gasteiger partial charge is 0.337 e. The maximum absolute atomic E-state index is 13.0. The van der Waals surface area contributed by atoms with Gasteiger partial charge in [0, 0.05) is 22.8 Å². The molecule has 0 saturated carbocycles. The summed E-state index contributed by atoms with van der Waals surface area (Å²) < 4.78 is 18.9. The number of ether oxygens (including phenoxy) is 1. The molecule has 3 rings (SSSR count). The Morgan fingerprint density at radius 1 is 1.04 bits per heavy atom. The lowest BCUT2D eigenvalue weighted by molar-refractivity contribution is 0.0697. The van der Waals surface area contributed by atoms with E-state index in [1.54, 1.807) is 36.4 Å². The van der Waals surface area contributed by atoms with Crippen LogP contribution >= 0.6 is 23.2 Å². The molecule has 7 heteroatoms. The molecule has 0 heterocycles. The second-order valence-electron chi connectivity index (χ2n) is 6.02. The van der Waals surface area contributed by atoms with Crippen LogP contribution in [0.2, 0.25) is 10.0 Å². The lowest BCUT2D eigenvalue weighted by Crippen LogP contribution is -2.05. The highest BCUT2D eigenvalue weighted by molar-refractivity contribution is 6.33. The van der Waals surface area contributed by atoms with Crippen LogP contribution in [0.4, 0.5) is 10.1 Å². The first-order chi connectivity index (χ1) is 13.4. The van der Waals surface area contributed by atoms with Crippen LogP contribution in [0.3, 0.4) is 0 Å². The molecule has 28 heavy (non-hydrogen) atoms. The molecule has 144 valence electrons. The maximum atomic E-state index is 13.0. The van der Waals surface area contributed by atoms with Crippen molar-refractivity contribution in [3.8, 4) is 5.75 Å². The first-order valence-electron chi connectivity index (χ1n) is 8.35. The summed E-state index contributed by atoms with van der Waals surface area (Å²) in [4.78, 5) is 11.2. The minimum absolute atomic E-state index is 0.0190. The fourth-order valence-electron chi connectivity index (χ4n) is 2.57. The van der Waals surface area contributed by atoms with Crippen LogP contribution in [-0.2, 0) is 13.2 Å². The highest BCUT2D eigenvalue weighted by atomic mass is 35.5. The highest BCUT2D eigenvalue weighted by Gasteiger charge is 2.10. The molecule has 0 unspecified atom stereocenters. The molecule has 4 nitrogen and oxygen atoms in total. The van der Waals surface area contributed by atoms with Gasteiger partial charge in [-0.15, -0.1) is 0 Å². The van der Waals surface area contributed by atoms with Gasteiger partial charge in [0.25, 0.3) is 0 Å². The van der Waals surface area contributed by atoms with Crippen molar-refractivity contribution in [2.75, 3.05) is 5.32 Å². The summed E-state index contributed by atoms with van der Waals surface area (Å²) in [5, 5.41) is 13.0. The molecule has 0 saturated heterocycles. The minimum Gasteiger partial charge on any atom is -0.489 e. The van der Waals surface area contributed by atoms with E-state index in [4.69, 9.17) is 27.9 Å². The van der Waals surface area contributed by atoms with Gasteiger partial charge in [0.15, 0.2) is 0 Å². The zero-order chi connectivity index (χ0) is 20.1. The molecule has 0 aliphatic rings. The predicted octanol–water partition coefficient (Wildman–Crippen LogP) is 6.02. The summed E-state index contributed by atoms with van der Waals surface area (Å²) in [6, 6.07) is 16.0. The molecule has 0 aliphatic carbocycles. The number of hydrogen-bond donors (Lipinski definition) is 2. The normalized spacial score (nSPS) is 10.5. The predicted molar refractivity (Wildman–Crippen MR) is 108 cm³/mol. The topological polar surface area (TPSA) is 58.6 Å². The number of carboxylic acids is 1. The molecule has 0 bridgehead atoms. The van der Waals surface area contributed by atoms with Crippen molar-refractivity contribution < 1.29 is 19.0 Å². The lowest BCUT2D eigenvalue weighted by atomic mass is 10.1. The van der Waals surface area contributed by atoms with Gasteiger partial charge in [-0.1, -0.05) is 35.3 Å². The van der Waals surface area contributed by atoms with E-state index in [9.17, 15) is 14.3 Å². The Bertz CT molecular complexity index is 993. The summed E-state index contributed by atoms with van der Waals surface area (Å²) in [6.07, 6.45) is 0. The first-order valence-corrected chi connectivity index (χ1v) is 9.10. The second-order valence-corrected chi connectivity index (χ2v) is 6.86. The van der Waals surface area contributed by atoms with Gasteiger partial charge in [-0.3, -0.25) is 0 Å². The van der Waals surface area contributed by atoms with E-state index in [1.165, 1.54) is 24.3 Å². The summed E-state index contributed by atoms with van der Waals surface area (Å²) >= 11 is 12.0. The molecule has 3 aromatic rings. The van der Waals surface area contributed by atoms with Gasteiger partial charge in [0.05, 0.1) is 10.6 Å². The van der Waals surface area contributed by atoms with Crippen LogP contribution in [-0.4, -0.2) is 11.1 Å². The Kier molecular flexibility index (Phi) is 6.39. The molecule has 0 radical (unpaired) electrons. The third kappa shape index (κ3) is 5.15. The third-order valence-electron chi connectivity index (χ3n) is 4.01. The van der Waals surface area contributed by atoms with Crippen molar-refractivity contribution in [1.82, 2.24) is 0 Å². The number of halogens is 3. The van der Waals surface area contributed by atoms with Crippen LogP contribution in [0, 0.1) is 5.82 Å². The maximum Gasteiger partial charge on any atom is 0.337 e. The molecule has 0 atom stereocenters. The highest BCUT2D eigenvalue weighted by Crippen LogP contribution is 2.26. The van der Waals surface area contributed by atoms with E-state index in [-0.39, 0.29) is 23.0 Å². The quantitative estimate of drug-likeness (QED) is 0.491. The van der Waals surface area contributed by atoms with Crippen molar-refractivity contribution in [3.05, 3.63) is 93.2 Å². The summed E-state index contributed by atoms with van der Waals surface area (Å²) in [7, 11) is 0. The SMILES string of the molecule is O=C(O)c1cc(NCc2cc(Cl)ccc2OCc2ccc(F)cc2)ccc1Cl. The number of carbonyl (C=O) groups is 1. The van der Waals surface area contributed by atoms with Gasteiger partial charge >= 0.3 is 5.97 Å². The lowest BCUT2D eigenvalue weighted by Gasteiger charge is -2.14. The van der Waals surface area contributed by atoms with Gasteiger partial charge in [0.1, 0.15) is 18.2 Å². The Hall–Kier alpha value is -2.76. The number of carboxylic acid groups (broad SMARTS) is 1. The van der Waals surface area contributed by atoms with Gasteiger partial charge in [0.2, 0.25) is 0 Å². The van der Waals surface area contributed by atoms with Gasteiger partial charge in [-0.2, -0.15) is 0 Å². The van der Waals surface area contributed by atoms with Gasteiger partial charge in [-0.05, 0) is 54.1 Å². The Balaban J connectivity index is 1.73. The average Bonchev–Trinajstić information content (AvgIpc) is 2.67. The van der Waals surface area contributed by atoms with Crippen LogP contribution in [0.1, 0.15) is 21.5 Å². The second kappa shape index (κ2) is 8.95. The minimum atomic E-state index is -1.10. The number of aromatic carboxylic acids is 1. The molecule has 0 aliphatic heterocycles. The van der Waals surface area contributed by atoms with Crippen LogP contribution in [0.5, 0.6) is 5.75 Å². The zero-order valence-corrected chi connectivity index (χ0v) is 16.1.